The summed E-state index contributed by atoms with van der Waals surface area (Å²) in [6.45, 7) is 4.37. The molecule has 0 saturated carbocycles. The number of aromatic nitrogens is 2. The zero-order valence-electron chi connectivity index (χ0n) is 39.8. The van der Waals surface area contributed by atoms with E-state index in [4.69, 9.17) is 8.83 Å². The van der Waals surface area contributed by atoms with Crippen LogP contribution in [0.15, 0.2) is 251 Å². The van der Waals surface area contributed by atoms with E-state index in [0.717, 1.165) is 33.3 Å². The van der Waals surface area contributed by atoms with E-state index in [2.05, 4.69) is 218 Å². The average molecular weight is 923 g/mol. The Morgan fingerprint density at radius 1 is 0.278 bits per heavy atom. The summed E-state index contributed by atoms with van der Waals surface area (Å²) in [7, 11) is 0. The quantitative estimate of drug-likeness (QED) is 0.156. The number of hydrogen-bond donors (Lipinski definition) is 0. The van der Waals surface area contributed by atoms with Crippen LogP contribution < -0.4 is 0 Å². The van der Waals surface area contributed by atoms with Crippen LogP contribution in [0.2, 0.25) is 0 Å². The van der Waals surface area contributed by atoms with Crippen molar-refractivity contribution in [1.29, 1.82) is 0 Å². The molecule has 0 radical (unpaired) electrons. The smallest absolute Gasteiger partial charge is 0.227 e. The van der Waals surface area contributed by atoms with Crippen LogP contribution in [0.4, 0.5) is 0 Å². The van der Waals surface area contributed by atoms with E-state index >= 15 is 0 Å². The molecule has 2 heterocycles. The first-order valence-corrected chi connectivity index (χ1v) is 24.5. The van der Waals surface area contributed by atoms with Crippen molar-refractivity contribution in [2.45, 2.75) is 13.8 Å². The Morgan fingerprint density at radius 3 is 1.17 bits per heavy atom. The summed E-state index contributed by atoms with van der Waals surface area (Å²) in [4.78, 5) is 9.35. The summed E-state index contributed by atoms with van der Waals surface area (Å²) in [6.07, 6.45) is 0. The molecule has 4 nitrogen and oxygen atoms in total. The molecule has 4 heteroatoms. The highest BCUT2D eigenvalue weighted by Crippen LogP contribution is 2.46. The van der Waals surface area contributed by atoms with Gasteiger partial charge in [0.25, 0.3) is 0 Å². The van der Waals surface area contributed by atoms with Crippen molar-refractivity contribution in [2.24, 2.45) is 0 Å². The lowest BCUT2D eigenvalue weighted by Gasteiger charge is -2.19. The van der Waals surface area contributed by atoms with Gasteiger partial charge in [0.05, 0.1) is 0 Å². The van der Waals surface area contributed by atoms with Gasteiger partial charge in [0.2, 0.25) is 11.8 Å². The highest BCUT2D eigenvalue weighted by Gasteiger charge is 2.20. The number of aryl methyl sites for hydroxylation is 2. The SMILES string of the molecule is Cc1ccc2c(-c3ccccc3)c3ccccc3c(-c3ccc(-c4nc5ccccc5o4)cc3)c2c1.Cc1cccc2c(-c3ccccc3)c3ccccc3c(-c3ccc(-c4nc5ccccc5o4)cc3)c12. The minimum Gasteiger partial charge on any atom is -0.436 e. The van der Waals surface area contributed by atoms with Crippen LogP contribution in [0.25, 0.3) is 133 Å². The maximum Gasteiger partial charge on any atom is 0.227 e. The molecule has 0 fully saturated rings. The van der Waals surface area contributed by atoms with Crippen molar-refractivity contribution < 1.29 is 8.83 Å². The number of fused-ring (bicyclic) bond motifs is 6. The minimum absolute atomic E-state index is 0.646. The molecule has 0 spiro atoms. The second kappa shape index (κ2) is 17.9. The van der Waals surface area contributed by atoms with Gasteiger partial charge in [-0.2, -0.15) is 0 Å². The average Bonchev–Trinajstić information content (AvgIpc) is 4.08. The van der Waals surface area contributed by atoms with Gasteiger partial charge in [0.15, 0.2) is 11.2 Å². The normalized spacial score (nSPS) is 11.5. The third-order valence-corrected chi connectivity index (χ3v) is 14.0. The van der Waals surface area contributed by atoms with Crippen LogP contribution in [-0.4, -0.2) is 9.97 Å². The Labute approximate surface area is 417 Å². The van der Waals surface area contributed by atoms with Gasteiger partial charge >= 0.3 is 0 Å². The summed E-state index contributed by atoms with van der Waals surface area (Å²) < 4.78 is 12.0. The molecule has 0 bridgehead atoms. The van der Waals surface area contributed by atoms with Crippen molar-refractivity contribution >= 4 is 65.3 Å². The number of para-hydroxylation sites is 4. The van der Waals surface area contributed by atoms with Crippen LogP contribution in [0.5, 0.6) is 0 Å². The van der Waals surface area contributed by atoms with E-state index in [-0.39, 0.29) is 0 Å². The molecule has 0 unspecified atom stereocenters. The number of nitrogens with zero attached hydrogens (tertiary/aromatic N) is 2. The van der Waals surface area contributed by atoms with Crippen molar-refractivity contribution in [3.05, 3.63) is 254 Å². The maximum absolute atomic E-state index is 6.01. The minimum atomic E-state index is 0.646. The molecule has 72 heavy (non-hydrogen) atoms. The summed E-state index contributed by atoms with van der Waals surface area (Å²) in [5.74, 6) is 1.29. The molecule has 0 aliphatic carbocycles. The zero-order valence-corrected chi connectivity index (χ0v) is 39.8. The van der Waals surface area contributed by atoms with E-state index in [1.54, 1.807) is 0 Å². The van der Waals surface area contributed by atoms with E-state index in [1.165, 1.54) is 98.7 Å². The molecule has 0 atom stereocenters. The predicted octanol–water partition coefficient (Wildman–Crippen LogP) is 18.9. The van der Waals surface area contributed by atoms with Gasteiger partial charge in [-0.1, -0.05) is 200 Å². The molecule has 0 saturated heterocycles. The second-order valence-corrected chi connectivity index (χ2v) is 18.5. The molecule has 0 amide bonds. The van der Waals surface area contributed by atoms with Crippen LogP contribution in [0, 0.1) is 13.8 Å². The fourth-order valence-electron chi connectivity index (χ4n) is 10.7. The van der Waals surface area contributed by atoms with Gasteiger partial charge in [-0.15, -0.1) is 0 Å². The molecule has 0 aliphatic rings. The van der Waals surface area contributed by atoms with Crippen LogP contribution in [0.3, 0.4) is 0 Å². The second-order valence-electron chi connectivity index (χ2n) is 18.5. The predicted molar refractivity (Wildman–Crippen MR) is 300 cm³/mol. The van der Waals surface area contributed by atoms with E-state index < -0.39 is 0 Å². The number of benzene rings is 12. The summed E-state index contributed by atoms with van der Waals surface area (Å²) >= 11 is 0. The van der Waals surface area contributed by atoms with E-state index in [9.17, 15) is 0 Å². The monoisotopic (exact) mass is 922 g/mol. The Kier molecular flexibility index (Phi) is 10.6. The van der Waals surface area contributed by atoms with Crippen LogP contribution in [-0.2, 0) is 0 Å². The lowest BCUT2D eigenvalue weighted by Crippen LogP contribution is -1.92. The Bertz CT molecular complexity index is 4260. The Balaban J connectivity index is 0.000000140. The first kappa shape index (κ1) is 42.7. The number of hydrogen-bond acceptors (Lipinski definition) is 4. The van der Waals surface area contributed by atoms with Gasteiger partial charge in [0.1, 0.15) is 11.0 Å². The maximum atomic E-state index is 6.01. The van der Waals surface area contributed by atoms with Gasteiger partial charge in [-0.25, -0.2) is 9.97 Å². The summed E-state index contributed by atoms with van der Waals surface area (Å²) in [6, 6.07) is 85.4. The van der Waals surface area contributed by atoms with Gasteiger partial charge < -0.3 is 8.83 Å². The molecule has 0 N–H and O–H groups in total. The summed E-state index contributed by atoms with van der Waals surface area (Å²) in [5, 5.41) is 10.1. The topological polar surface area (TPSA) is 52.1 Å². The lowest BCUT2D eigenvalue weighted by atomic mass is 9.84. The third-order valence-electron chi connectivity index (χ3n) is 14.0. The zero-order chi connectivity index (χ0) is 48.1. The van der Waals surface area contributed by atoms with Gasteiger partial charge in [-0.05, 0) is 156 Å². The van der Waals surface area contributed by atoms with Crippen LogP contribution >= 0.6 is 0 Å². The fraction of sp³-hybridized carbons (Fsp3) is 0.0294. The molecular formula is C68H46N2O2. The molecule has 12 aromatic carbocycles. The Morgan fingerprint density at radius 2 is 0.653 bits per heavy atom. The Hall–Kier alpha value is -9.38. The van der Waals surface area contributed by atoms with E-state index in [0.29, 0.717) is 11.8 Å². The standard InChI is InChI=1S/2C34H23NO/c1-22-10-9-15-28-31(22)33(27-14-6-5-13-26(27)32(28)23-11-3-2-4-12-23)24-18-20-25(21-19-24)34-35-29-16-7-8-17-30(29)36-34;1-22-15-20-28-29(21-22)33(27-12-6-5-11-26(27)32(28)23-9-3-2-4-10-23)24-16-18-25(19-17-24)34-35-30-13-7-8-14-31(30)36-34/h2*2-21H,1H3. The molecule has 14 rings (SSSR count). The summed E-state index contributed by atoms with van der Waals surface area (Å²) in [5.41, 5.74) is 17.8. The first-order chi connectivity index (χ1) is 35.5. The van der Waals surface area contributed by atoms with Crippen molar-refractivity contribution in [1.82, 2.24) is 9.97 Å². The third kappa shape index (κ3) is 7.49. The highest BCUT2D eigenvalue weighted by molar-refractivity contribution is 6.23. The molecular weight excluding hydrogens is 877 g/mol. The van der Waals surface area contributed by atoms with Gasteiger partial charge in [-0.3, -0.25) is 0 Å². The molecule has 14 aromatic rings. The first-order valence-electron chi connectivity index (χ1n) is 24.5. The molecule has 2 aromatic heterocycles. The largest absolute Gasteiger partial charge is 0.436 e. The van der Waals surface area contributed by atoms with E-state index in [1.807, 2.05) is 48.5 Å². The van der Waals surface area contributed by atoms with Crippen molar-refractivity contribution in [2.75, 3.05) is 0 Å². The number of rotatable bonds is 6. The van der Waals surface area contributed by atoms with Crippen molar-refractivity contribution in [3.8, 4) is 67.4 Å². The van der Waals surface area contributed by atoms with Gasteiger partial charge in [0, 0.05) is 11.1 Å². The fourth-order valence-corrected chi connectivity index (χ4v) is 10.7. The molecule has 340 valence electrons. The number of oxazole rings is 2. The lowest BCUT2D eigenvalue weighted by molar-refractivity contribution is 0.619. The van der Waals surface area contributed by atoms with Crippen molar-refractivity contribution in [3.63, 3.8) is 0 Å². The highest BCUT2D eigenvalue weighted by atomic mass is 16.4. The van der Waals surface area contributed by atoms with Crippen LogP contribution in [0.1, 0.15) is 11.1 Å². The molecule has 0 aliphatic heterocycles.